The van der Waals surface area contributed by atoms with Crippen LogP contribution in [0, 0.1) is 0 Å². The van der Waals surface area contributed by atoms with Crippen LogP contribution in [0.25, 0.3) is 33.2 Å². The van der Waals surface area contributed by atoms with E-state index in [0.29, 0.717) is 34.0 Å². The summed E-state index contributed by atoms with van der Waals surface area (Å²) < 4.78 is 6.58. The van der Waals surface area contributed by atoms with Gasteiger partial charge in [-0.2, -0.15) is 5.10 Å². The monoisotopic (exact) mass is 420 g/mol. The van der Waals surface area contributed by atoms with Crippen molar-refractivity contribution in [2.24, 2.45) is 0 Å². The Hall–Kier alpha value is -4.40. The van der Waals surface area contributed by atoms with Crippen LogP contribution in [-0.2, 0) is 4.79 Å². The number of anilines is 3. The van der Waals surface area contributed by atoms with Crippen molar-refractivity contribution in [2.45, 2.75) is 6.92 Å². The van der Waals surface area contributed by atoms with Gasteiger partial charge in [0.05, 0.1) is 17.2 Å². The standard InChI is InChI=1S/C23H17BN6O2/c1-13(31)32-18-6-7-20-19(11-18)23(29-22(28-20)14-3-2-4-16(25)9-14)27-17-5-8-21-15(10-17)12-26-30(21)24/h2-12H,25H2,1H3,(H,27,28,29). The van der Waals surface area contributed by atoms with E-state index in [1.807, 2.05) is 42.5 Å². The number of nitrogens with zero attached hydrogens (tertiary/aromatic N) is 4. The predicted molar refractivity (Wildman–Crippen MR) is 125 cm³/mol. The molecule has 0 bridgehead atoms. The van der Waals surface area contributed by atoms with Crippen molar-refractivity contribution in [2.75, 3.05) is 11.1 Å². The number of carbonyl (C=O) groups is 1. The second-order valence-corrected chi connectivity index (χ2v) is 7.28. The maximum Gasteiger partial charge on any atom is 0.308 e. The number of hydrogen-bond acceptors (Lipinski definition) is 7. The third-order valence-electron chi connectivity index (χ3n) is 4.93. The minimum absolute atomic E-state index is 0.402. The largest absolute Gasteiger partial charge is 0.427 e. The number of hydrogen-bond donors (Lipinski definition) is 2. The first-order valence-electron chi connectivity index (χ1n) is 9.82. The van der Waals surface area contributed by atoms with Crippen LogP contribution in [0.5, 0.6) is 5.75 Å². The van der Waals surface area contributed by atoms with Crippen LogP contribution in [0.1, 0.15) is 6.92 Å². The maximum atomic E-state index is 11.4. The molecule has 8 nitrogen and oxygen atoms in total. The summed E-state index contributed by atoms with van der Waals surface area (Å²) in [7, 11) is 5.82. The molecule has 0 fully saturated rings. The first kappa shape index (κ1) is 19.6. The topological polar surface area (TPSA) is 108 Å². The van der Waals surface area contributed by atoms with Crippen molar-refractivity contribution >= 4 is 52.9 Å². The number of rotatable bonds is 4. The molecule has 0 aliphatic rings. The normalized spacial score (nSPS) is 11.0. The van der Waals surface area contributed by atoms with Gasteiger partial charge in [-0.15, -0.1) is 0 Å². The van der Waals surface area contributed by atoms with Crippen molar-refractivity contribution in [1.82, 2.24) is 19.7 Å². The highest BCUT2D eigenvalue weighted by atomic mass is 16.5. The molecule has 154 valence electrons. The van der Waals surface area contributed by atoms with Gasteiger partial charge >= 0.3 is 5.97 Å². The van der Waals surface area contributed by atoms with E-state index in [0.717, 1.165) is 22.2 Å². The Kier molecular flexibility index (Phi) is 4.70. The van der Waals surface area contributed by atoms with E-state index in [4.69, 9.17) is 23.4 Å². The van der Waals surface area contributed by atoms with Crippen LogP contribution < -0.4 is 15.8 Å². The van der Waals surface area contributed by atoms with E-state index in [2.05, 4.69) is 15.4 Å². The Morgan fingerprint density at radius 1 is 1.09 bits per heavy atom. The summed E-state index contributed by atoms with van der Waals surface area (Å²) in [5.41, 5.74) is 9.65. The van der Waals surface area contributed by atoms with Crippen LogP contribution in [0.3, 0.4) is 0 Å². The van der Waals surface area contributed by atoms with Gasteiger partial charge in [0.1, 0.15) is 11.6 Å². The molecule has 0 atom stereocenters. The molecule has 0 saturated carbocycles. The third kappa shape index (κ3) is 3.71. The minimum Gasteiger partial charge on any atom is -0.427 e. The Morgan fingerprint density at radius 2 is 1.97 bits per heavy atom. The number of carbonyl (C=O) groups excluding carboxylic acids is 1. The fourth-order valence-corrected chi connectivity index (χ4v) is 3.51. The summed E-state index contributed by atoms with van der Waals surface area (Å²) in [6.45, 7) is 1.36. The molecule has 2 heterocycles. The van der Waals surface area contributed by atoms with Gasteiger partial charge in [0.2, 0.25) is 0 Å². The SMILES string of the molecule is [B]n1ncc2cc(Nc3nc(-c4cccc(N)c4)nc4ccc(OC(C)=O)cc34)ccc21. The van der Waals surface area contributed by atoms with Crippen molar-refractivity contribution in [1.29, 1.82) is 0 Å². The summed E-state index contributed by atoms with van der Waals surface area (Å²) in [5, 5.41) is 9.01. The number of esters is 1. The summed E-state index contributed by atoms with van der Waals surface area (Å²) in [6.07, 6.45) is 1.69. The molecule has 9 heteroatoms. The zero-order valence-electron chi connectivity index (χ0n) is 17.1. The number of nitrogens with two attached hydrogens (primary N) is 1. The quantitative estimate of drug-likeness (QED) is 0.197. The predicted octanol–water partition coefficient (Wildman–Crippen LogP) is 3.83. The first-order valence-corrected chi connectivity index (χ1v) is 9.82. The number of aromatic nitrogens is 4. The van der Waals surface area contributed by atoms with Crippen LogP contribution in [0.2, 0.25) is 0 Å². The molecule has 2 aromatic heterocycles. The molecule has 32 heavy (non-hydrogen) atoms. The van der Waals surface area contributed by atoms with Gasteiger partial charge in [-0.05, 0) is 48.5 Å². The molecule has 3 aromatic carbocycles. The number of benzene rings is 3. The second kappa shape index (κ2) is 7.70. The van der Waals surface area contributed by atoms with Gasteiger partial charge in [0.15, 0.2) is 5.82 Å². The number of nitrogens with one attached hydrogen (secondary N) is 1. The van der Waals surface area contributed by atoms with Crippen molar-refractivity contribution in [3.8, 4) is 17.1 Å². The van der Waals surface area contributed by atoms with E-state index in [1.54, 1.807) is 24.4 Å². The molecule has 3 N–H and O–H groups in total. The Bertz CT molecular complexity index is 1500. The van der Waals surface area contributed by atoms with Gasteiger partial charge in [-0.3, -0.25) is 4.79 Å². The summed E-state index contributed by atoms with van der Waals surface area (Å²) in [5.74, 6) is 1.08. The van der Waals surface area contributed by atoms with Crippen molar-refractivity contribution < 1.29 is 9.53 Å². The lowest BCUT2D eigenvalue weighted by Gasteiger charge is -2.13. The van der Waals surface area contributed by atoms with Gasteiger partial charge in [0, 0.05) is 34.6 Å². The second-order valence-electron chi connectivity index (χ2n) is 7.28. The molecule has 0 aliphatic heterocycles. The van der Waals surface area contributed by atoms with Gasteiger partial charge in [0.25, 0.3) is 7.98 Å². The highest BCUT2D eigenvalue weighted by Crippen LogP contribution is 2.31. The van der Waals surface area contributed by atoms with Gasteiger partial charge in [-0.1, -0.05) is 12.1 Å². The van der Waals surface area contributed by atoms with E-state index in [-0.39, 0.29) is 0 Å². The summed E-state index contributed by atoms with van der Waals surface area (Å²) >= 11 is 0. The van der Waals surface area contributed by atoms with Crippen LogP contribution in [-0.4, -0.2) is 33.6 Å². The summed E-state index contributed by atoms with van der Waals surface area (Å²) in [4.78, 5) is 20.9. The van der Waals surface area contributed by atoms with Gasteiger partial charge < -0.3 is 20.4 Å². The van der Waals surface area contributed by atoms with Crippen LogP contribution in [0.15, 0.2) is 66.9 Å². The fourth-order valence-electron chi connectivity index (χ4n) is 3.51. The maximum absolute atomic E-state index is 11.4. The molecular weight excluding hydrogens is 403 g/mol. The molecule has 5 rings (SSSR count). The first-order chi connectivity index (χ1) is 15.5. The highest BCUT2D eigenvalue weighted by Gasteiger charge is 2.13. The number of fused-ring (bicyclic) bond motifs is 2. The lowest BCUT2D eigenvalue weighted by atomic mass is 10.1. The van der Waals surface area contributed by atoms with Crippen LogP contribution >= 0.6 is 0 Å². The van der Waals surface area contributed by atoms with Gasteiger partial charge in [-0.25, -0.2) is 9.97 Å². The average Bonchev–Trinajstić information content (AvgIpc) is 3.13. The molecule has 0 amide bonds. The minimum atomic E-state index is -0.402. The zero-order valence-corrected chi connectivity index (χ0v) is 17.1. The summed E-state index contributed by atoms with van der Waals surface area (Å²) in [6, 6.07) is 18.3. The molecule has 0 aliphatic carbocycles. The molecule has 0 spiro atoms. The van der Waals surface area contributed by atoms with E-state index < -0.39 is 5.97 Å². The van der Waals surface area contributed by atoms with Crippen molar-refractivity contribution in [3.05, 3.63) is 66.9 Å². The Balaban J connectivity index is 1.65. The molecule has 0 saturated heterocycles. The number of nitrogen functional groups attached to an aromatic ring is 1. The zero-order chi connectivity index (χ0) is 22.2. The van der Waals surface area contributed by atoms with Crippen LogP contribution in [0.4, 0.5) is 17.2 Å². The smallest absolute Gasteiger partial charge is 0.308 e. The van der Waals surface area contributed by atoms with E-state index in [9.17, 15) is 4.79 Å². The molecule has 2 radical (unpaired) electrons. The molecular formula is C23H17BN6O2. The van der Waals surface area contributed by atoms with Crippen molar-refractivity contribution in [3.63, 3.8) is 0 Å². The third-order valence-corrected chi connectivity index (χ3v) is 4.93. The Labute approximate surface area is 184 Å². The highest BCUT2D eigenvalue weighted by molar-refractivity contribution is 6.10. The van der Waals surface area contributed by atoms with E-state index >= 15 is 0 Å². The molecule has 0 unspecified atom stereocenters. The fraction of sp³-hybridized carbons (Fsp3) is 0.0435. The molecule has 5 aromatic rings. The lowest BCUT2D eigenvalue weighted by Crippen LogP contribution is -2.03. The van der Waals surface area contributed by atoms with E-state index in [1.165, 1.54) is 11.5 Å². The lowest BCUT2D eigenvalue weighted by molar-refractivity contribution is -0.131. The average molecular weight is 420 g/mol. The Morgan fingerprint density at radius 3 is 2.78 bits per heavy atom. The number of ether oxygens (including phenoxy) is 1.